The largest absolute Gasteiger partial charge is 0.491 e. The van der Waals surface area contributed by atoms with Gasteiger partial charge in [0.2, 0.25) is 0 Å². The van der Waals surface area contributed by atoms with E-state index in [9.17, 15) is 0 Å². The maximum Gasteiger partial charge on any atom is 0.123 e. The van der Waals surface area contributed by atoms with Gasteiger partial charge >= 0.3 is 0 Å². The summed E-state index contributed by atoms with van der Waals surface area (Å²) in [6, 6.07) is 6.10. The maximum atomic E-state index is 5.79. The Morgan fingerprint density at radius 3 is 2.74 bits per heavy atom. The molecule has 0 aromatic heterocycles. The minimum Gasteiger partial charge on any atom is -0.491 e. The van der Waals surface area contributed by atoms with Crippen LogP contribution in [0, 0.1) is 0 Å². The van der Waals surface area contributed by atoms with E-state index in [1.165, 1.54) is 5.56 Å². The van der Waals surface area contributed by atoms with Crippen LogP contribution in [0.3, 0.4) is 0 Å². The Hall–Kier alpha value is -0.580. The van der Waals surface area contributed by atoms with Gasteiger partial charge in [-0.05, 0) is 45.0 Å². The summed E-state index contributed by atoms with van der Waals surface area (Å²) >= 11 is 3.50. The molecular weight excluding hydrogens is 306 g/mol. The van der Waals surface area contributed by atoms with Crippen molar-refractivity contribution < 1.29 is 9.47 Å². The van der Waals surface area contributed by atoms with Crippen LogP contribution in [0.1, 0.15) is 32.8 Å². The van der Waals surface area contributed by atoms with Gasteiger partial charge in [0.25, 0.3) is 0 Å². The van der Waals surface area contributed by atoms with Crippen LogP contribution in [0.25, 0.3) is 0 Å². The van der Waals surface area contributed by atoms with Crippen molar-refractivity contribution in [3.05, 3.63) is 28.2 Å². The molecule has 0 aliphatic heterocycles. The second-order valence-corrected chi connectivity index (χ2v) is 5.61. The number of halogens is 1. The van der Waals surface area contributed by atoms with E-state index >= 15 is 0 Å². The summed E-state index contributed by atoms with van der Waals surface area (Å²) in [5.41, 5.74) is 1.17. The minimum atomic E-state index is 0.249. The molecular formula is C15H24BrNO2. The summed E-state index contributed by atoms with van der Waals surface area (Å²) in [6.45, 7) is 9.26. The van der Waals surface area contributed by atoms with E-state index in [-0.39, 0.29) is 6.10 Å². The molecule has 1 N–H and O–H groups in total. The van der Waals surface area contributed by atoms with Crippen molar-refractivity contribution in [3.8, 4) is 5.75 Å². The first kappa shape index (κ1) is 16.5. The maximum absolute atomic E-state index is 5.79. The van der Waals surface area contributed by atoms with Crippen molar-refractivity contribution in [2.45, 2.75) is 39.8 Å². The lowest BCUT2D eigenvalue weighted by Gasteiger charge is -2.13. The first-order valence-corrected chi connectivity index (χ1v) is 7.66. The highest BCUT2D eigenvalue weighted by Crippen LogP contribution is 2.23. The van der Waals surface area contributed by atoms with E-state index in [0.29, 0.717) is 13.2 Å². The van der Waals surface area contributed by atoms with E-state index in [1.54, 1.807) is 0 Å². The normalized spacial score (nSPS) is 11.0. The summed E-state index contributed by atoms with van der Waals surface area (Å²) in [5.74, 6) is 0.930. The van der Waals surface area contributed by atoms with E-state index < -0.39 is 0 Å². The highest BCUT2D eigenvalue weighted by atomic mass is 79.9. The van der Waals surface area contributed by atoms with Crippen LogP contribution in [0.15, 0.2) is 22.7 Å². The van der Waals surface area contributed by atoms with Gasteiger partial charge in [0, 0.05) is 16.6 Å². The molecule has 0 bridgehead atoms. The fraction of sp³-hybridized carbons (Fsp3) is 0.600. The van der Waals surface area contributed by atoms with Gasteiger partial charge < -0.3 is 14.8 Å². The fourth-order valence-electron chi connectivity index (χ4n) is 1.66. The number of nitrogens with one attached hydrogen (secondary N) is 1. The van der Waals surface area contributed by atoms with Crippen LogP contribution < -0.4 is 10.1 Å². The Morgan fingerprint density at radius 1 is 1.26 bits per heavy atom. The molecule has 1 aromatic rings. The molecule has 0 aliphatic carbocycles. The van der Waals surface area contributed by atoms with Crippen molar-refractivity contribution in [3.63, 3.8) is 0 Å². The quantitative estimate of drug-likeness (QED) is 0.700. The van der Waals surface area contributed by atoms with Gasteiger partial charge in [-0.1, -0.05) is 22.9 Å². The number of rotatable bonds is 9. The molecule has 4 heteroatoms. The first-order valence-electron chi connectivity index (χ1n) is 6.87. The minimum absolute atomic E-state index is 0.249. The first-order chi connectivity index (χ1) is 9.13. The highest BCUT2D eigenvalue weighted by Gasteiger charge is 2.04. The molecule has 0 fully saturated rings. The SMILES string of the molecule is CCCNCc1cc(Br)ccc1OCCOC(C)C. The smallest absolute Gasteiger partial charge is 0.123 e. The molecule has 1 aromatic carbocycles. The Bertz CT molecular complexity index is 369. The molecule has 108 valence electrons. The molecule has 0 saturated carbocycles. The predicted molar refractivity (Wildman–Crippen MR) is 82.7 cm³/mol. The van der Waals surface area contributed by atoms with Gasteiger partial charge in [0.1, 0.15) is 12.4 Å². The van der Waals surface area contributed by atoms with Gasteiger partial charge in [-0.3, -0.25) is 0 Å². The summed E-state index contributed by atoms with van der Waals surface area (Å²) < 4.78 is 12.3. The summed E-state index contributed by atoms with van der Waals surface area (Å²) in [6.07, 6.45) is 1.38. The third-order valence-corrected chi connectivity index (χ3v) is 3.05. The molecule has 19 heavy (non-hydrogen) atoms. The number of hydrogen-bond donors (Lipinski definition) is 1. The van der Waals surface area contributed by atoms with Crippen molar-refractivity contribution in [2.24, 2.45) is 0 Å². The molecule has 3 nitrogen and oxygen atoms in total. The van der Waals surface area contributed by atoms with E-state index in [0.717, 1.165) is 29.7 Å². The zero-order valence-corrected chi connectivity index (χ0v) is 13.6. The summed E-state index contributed by atoms with van der Waals surface area (Å²) in [5, 5.41) is 3.40. The third kappa shape index (κ3) is 6.95. The van der Waals surface area contributed by atoms with Gasteiger partial charge in [-0.2, -0.15) is 0 Å². The van der Waals surface area contributed by atoms with Crippen molar-refractivity contribution in [2.75, 3.05) is 19.8 Å². The van der Waals surface area contributed by atoms with Crippen LogP contribution in [0.2, 0.25) is 0 Å². The number of benzene rings is 1. The highest BCUT2D eigenvalue weighted by molar-refractivity contribution is 9.10. The molecule has 0 unspecified atom stereocenters. The third-order valence-electron chi connectivity index (χ3n) is 2.56. The van der Waals surface area contributed by atoms with Crippen molar-refractivity contribution in [1.29, 1.82) is 0 Å². The molecule has 1 rings (SSSR count). The summed E-state index contributed by atoms with van der Waals surface area (Å²) in [7, 11) is 0. The van der Waals surface area contributed by atoms with Crippen LogP contribution in [-0.2, 0) is 11.3 Å². The van der Waals surface area contributed by atoms with Gasteiger partial charge in [-0.15, -0.1) is 0 Å². The molecule has 0 aliphatic rings. The second kappa shape index (κ2) is 9.34. The van der Waals surface area contributed by atoms with Gasteiger partial charge in [0.15, 0.2) is 0 Å². The van der Waals surface area contributed by atoms with Gasteiger partial charge in [-0.25, -0.2) is 0 Å². The Labute approximate surface area is 124 Å². The predicted octanol–water partition coefficient (Wildman–Crippen LogP) is 3.75. The molecule has 0 spiro atoms. The zero-order valence-electron chi connectivity index (χ0n) is 12.0. The lowest BCUT2D eigenvalue weighted by Crippen LogP contribution is -2.16. The van der Waals surface area contributed by atoms with E-state index in [4.69, 9.17) is 9.47 Å². The Morgan fingerprint density at radius 2 is 2.05 bits per heavy atom. The Kier molecular flexibility index (Phi) is 8.10. The average molecular weight is 330 g/mol. The lowest BCUT2D eigenvalue weighted by molar-refractivity contribution is 0.0550. The molecule has 0 heterocycles. The van der Waals surface area contributed by atoms with E-state index in [1.807, 2.05) is 26.0 Å². The van der Waals surface area contributed by atoms with Gasteiger partial charge in [0.05, 0.1) is 12.7 Å². The second-order valence-electron chi connectivity index (χ2n) is 4.70. The van der Waals surface area contributed by atoms with Crippen molar-refractivity contribution >= 4 is 15.9 Å². The average Bonchev–Trinajstić information content (AvgIpc) is 2.36. The lowest BCUT2D eigenvalue weighted by atomic mass is 10.2. The standard InChI is InChI=1S/C15H24BrNO2/c1-4-7-17-11-13-10-14(16)5-6-15(13)19-9-8-18-12(2)3/h5-6,10,12,17H,4,7-9,11H2,1-3H3. The topological polar surface area (TPSA) is 30.5 Å². The monoisotopic (exact) mass is 329 g/mol. The number of hydrogen-bond acceptors (Lipinski definition) is 3. The number of ether oxygens (including phenoxy) is 2. The van der Waals surface area contributed by atoms with Crippen molar-refractivity contribution in [1.82, 2.24) is 5.32 Å². The molecule has 0 amide bonds. The van der Waals surface area contributed by atoms with Crippen LogP contribution in [-0.4, -0.2) is 25.9 Å². The zero-order chi connectivity index (χ0) is 14.1. The van der Waals surface area contributed by atoms with Crippen LogP contribution in [0.5, 0.6) is 5.75 Å². The molecule has 0 radical (unpaired) electrons. The summed E-state index contributed by atoms with van der Waals surface area (Å²) in [4.78, 5) is 0. The molecule has 0 atom stereocenters. The fourth-order valence-corrected chi connectivity index (χ4v) is 2.07. The van der Waals surface area contributed by atoms with Crippen LogP contribution in [0.4, 0.5) is 0 Å². The molecule has 0 saturated heterocycles. The van der Waals surface area contributed by atoms with E-state index in [2.05, 4.69) is 34.2 Å². The Balaban J connectivity index is 2.50. The van der Waals surface area contributed by atoms with Crippen LogP contribution >= 0.6 is 15.9 Å².